The first-order valence-electron chi connectivity index (χ1n) is 10.8. The predicted molar refractivity (Wildman–Crippen MR) is 121 cm³/mol. The van der Waals surface area contributed by atoms with Gasteiger partial charge in [-0.3, -0.25) is 14.5 Å². The minimum atomic E-state index is 0.0707. The summed E-state index contributed by atoms with van der Waals surface area (Å²) in [4.78, 5) is 19.9. The van der Waals surface area contributed by atoms with Gasteiger partial charge in [-0.15, -0.1) is 0 Å². The largest absolute Gasteiger partial charge is 0.497 e. The van der Waals surface area contributed by atoms with Crippen molar-refractivity contribution in [3.63, 3.8) is 0 Å². The molecule has 162 valence electrons. The van der Waals surface area contributed by atoms with Crippen LogP contribution in [-0.4, -0.2) is 45.8 Å². The molecule has 31 heavy (non-hydrogen) atoms. The van der Waals surface area contributed by atoms with Gasteiger partial charge in [0.1, 0.15) is 5.75 Å². The van der Waals surface area contributed by atoms with Crippen LogP contribution in [-0.2, 0) is 13.5 Å². The molecule has 6 nitrogen and oxygen atoms in total. The van der Waals surface area contributed by atoms with E-state index in [0.29, 0.717) is 12.1 Å². The molecule has 2 aromatic heterocycles. The Morgan fingerprint density at radius 2 is 1.94 bits per heavy atom. The third-order valence-corrected chi connectivity index (χ3v) is 5.97. The zero-order chi connectivity index (χ0) is 22.0. The molecule has 0 spiro atoms. The molecular weight excluding hydrogens is 388 g/mol. The summed E-state index contributed by atoms with van der Waals surface area (Å²) in [6, 6.07) is 12.6. The Hall–Kier alpha value is -3.15. The lowest BCUT2D eigenvalue weighted by Crippen LogP contribution is -2.39. The van der Waals surface area contributed by atoms with Crippen LogP contribution in [0.5, 0.6) is 5.75 Å². The van der Waals surface area contributed by atoms with E-state index in [1.165, 1.54) is 11.1 Å². The molecule has 4 rings (SSSR count). The van der Waals surface area contributed by atoms with Crippen LogP contribution >= 0.6 is 0 Å². The van der Waals surface area contributed by atoms with Crippen molar-refractivity contribution in [2.24, 2.45) is 7.05 Å². The highest BCUT2D eigenvalue weighted by Crippen LogP contribution is 2.28. The van der Waals surface area contributed by atoms with Crippen molar-refractivity contribution in [3.05, 3.63) is 76.4 Å². The van der Waals surface area contributed by atoms with Crippen LogP contribution in [0.3, 0.4) is 0 Å². The summed E-state index contributed by atoms with van der Waals surface area (Å²) in [5.41, 5.74) is 6.08. The molecule has 1 atom stereocenters. The average Bonchev–Trinajstić information content (AvgIpc) is 3.11. The summed E-state index contributed by atoms with van der Waals surface area (Å²) in [7, 11) is 3.53. The number of ether oxygens (including phenoxy) is 1. The van der Waals surface area contributed by atoms with E-state index in [1.54, 1.807) is 11.8 Å². The summed E-state index contributed by atoms with van der Waals surface area (Å²) in [5, 5.41) is 4.33. The van der Waals surface area contributed by atoms with Gasteiger partial charge in [0.15, 0.2) is 0 Å². The van der Waals surface area contributed by atoms with Gasteiger partial charge in [-0.1, -0.05) is 12.1 Å². The smallest absolute Gasteiger partial charge is 0.257 e. The van der Waals surface area contributed by atoms with Gasteiger partial charge in [0.05, 0.1) is 18.4 Å². The fourth-order valence-electron chi connectivity index (χ4n) is 4.44. The van der Waals surface area contributed by atoms with Crippen molar-refractivity contribution in [3.8, 4) is 5.75 Å². The summed E-state index contributed by atoms with van der Waals surface area (Å²) in [5.74, 6) is 1.19. The van der Waals surface area contributed by atoms with E-state index in [1.807, 2.05) is 44.1 Å². The van der Waals surface area contributed by atoms with E-state index in [-0.39, 0.29) is 11.8 Å². The molecule has 0 N–H and O–H groups in total. The van der Waals surface area contributed by atoms with Crippen LogP contribution in [0.2, 0.25) is 0 Å². The standard InChI is InChI=1S/C25H30N4O2/c1-17-12-20(13-19-7-9-22(31-4)10-8-19)14-24(26-17)21-6-5-11-29(15-21)25(30)23-16-28(3)27-18(23)2/h7-10,12,14,16,21H,5-6,11,13,15H2,1-4H3/t21-/m1/s1. The molecule has 1 amide bonds. The number of benzene rings is 1. The summed E-state index contributed by atoms with van der Waals surface area (Å²) < 4.78 is 6.97. The van der Waals surface area contributed by atoms with Crippen LogP contribution in [0, 0.1) is 13.8 Å². The molecule has 1 aliphatic heterocycles. The fraction of sp³-hybridized carbons (Fsp3) is 0.400. The number of carbonyl (C=O) groups is 1. The molecule has 6 heteroatoms. The zero-order valence-electron chi connectivity index (χ0n) is 18.8. The van der Waals surface area contributed by atoms with Crippen molar-refractivity contribution >= 4 is 5.91 Å². The zero-order valence-corrected chi connectivity index (χ0v) is 18.8. The Morgan fingerprint density at radius 3 is 2.61 bits per heavy atom. The SMILES string of the molecule is COc1ccc(Cc2cc(C)nc([C@@H]3CCCN(C(=O)c4cn(C)nc4C)C3)c2)cc1. The quantitative estimate of drug-likeness (QED) is 0.627. The lowest BCUT2D eigenvalue weighted by atomic mass is 9.92. The van der Waals surface area contributed by atoms with Crippen molar-refractivity contribution < 1.29 is 9.53 Å². The van der Waals surface area contributed by atoms with E-state index in [9.17, 15) is 4.79 Å². The second-order valence-corrected chi connectivity index (χ2v) is 8.46. The van der Waals surface area contributed by atoms with Gasteiger partial charge in [-0.05, 0) is 68.5 Å². The van der Waals surface area contributed by atoms with E-state index in [0.717, 1.165) is 48.6 Å². The molecule has 3 aromatic rings. The molecule has 1 saturated heterocycles. The van der Waals surface area contributed by atoms with Gasteiger partial charge in [0.2, 0.25) is 0 Å². The Balaban J connectivity index is 1.51. The minimum absolute atomic E-state index is 0.0707. The topological polar surface area (TPSA) is 60.2 Å². The highest BCUT2D eigenvalue weighted by atomic mass is 16.5. The summed E-state index contributed by atoms with van der Waals surface area (Å²) >= 11 is 0. The maximum absolute atomic E-state index is 13.1. The van der Waals surface area contributed by atoms with Crippen LogP contribution in [0.25, 0.3) is 0 Å². The first kappa shape index (κ1) is 21.1. The Morgan fingerprint density at radius 1 is 1.16 bits per heavy atom. The molecule has 1 aliphatic rings. The van der Waals surface area contributed by atoms with Crippen LogP contribution < -0.4 is 4.74 Å². The fourth-order valence-corrected chi connectivity index (χ4v) is 4.44. The first-order valence-corrected chi connectivity index (χ1v) is 10.8. The highest BCUT2D eigenvalue weighted by Gasteiger charge is 2.28. The van der Waals surface area contributed by atoms with Crippen molar-refractivity contribution in [2.75, 3.05) is 20.2 Å². The van der Waals surface area contributed by atoms with Gasteiger partial charge in [0.25, 0.3) is 5.91 Å². The number of likely N-dealkylation sites (tertiary alicyclic amines) is 1. The number of methoxy groups -OCH3 is 1. The van der Waals surface area contributed by atoms with Gasteiger partial charge in [0, 0.05) is 43.6 Å². The second-order valence-electron chi connectivity index (χ2n) is 8.46. The number of hydrogen-bond donors (Lipinski definition) is 0. The number of hydrogen-bond acceptors (Lipinski definition) is 4. The summed E-state index contributed by atoms with van der Waals surface area (Å²) in [6.45, 7) is 5.42. The van der Waals surface area contributed by atoms with Crippen LogP contribution in [0.4, 0.5) is 0 Å². The molecule has 0 unspecified atom stereocenters. The van der Waals surface area contributed by atoms with E-state index >= 15 is 0 Å². The van der Waals surface area contributed by atoms with Gasteiger partial charge < -0.3 is 9.64 Å². The number of carbonyl (C=O) groups excluding carboxylic acids is 1. The minimum Gasteiger partial charge on any atom is -0.497 e. The Kier molecular flexibility index (Phi) is 6.07. The van der Waals surface area contributed by atoms with Gasteiger partial charge in [-0.2, -0.15) is 5.10 Å². The highest BCUT2D eigenvalue weighted by molar-refractivity contribution is 5.95. The Bertz CT molecular complexity index is 1070. The summed E-state index contributed by atoms with van der Waals surface area (Å²) in [6.07, 6.45) is 4.71. The van der Waals surface area contributed by atoms with E-state index in [2.05, 4.69) is 29.4 Å². The van der Waals surface area contributed by atoms with E-state index < -0.39 is 0 Å². The molecule has 3 heterocycles. The number of aryl methyl sites for hydroxylation is 3. The molecule has 0 saturated carbocycles. The van der Waals surface area contributed by atoms with Crippen molar-refractivity contribution in [1.29, 1.82) is 0 Å². The Labute approximate surface area is 183 Å². The van der Waals surface area contributed by atoms with Crippen molar-refractivity contribution in [2.45, 2.75) is 39.0 Å². The normalized spacial score (nSPS) is 16.4. The molecular formula is C25H30N4O2. The number of aromatic nitrogens is 3. The molecule has 0 radical (unpaired) electrons. The number of amides is 1. The number of piperidine rings is 1. The monoisotopic (exact) mass is 418 g/mol. The number of pyridine rings is 1. The number of rotatable bonds is 5. The van der Waals surface area contributed by atoms with E-state index in [4.69, 9.17) is 9.72 Å². The van der Waals surface area contributed by atoms with Crippen LogP contribution in [0.1, 0.15) is 57.3 Å². The maximum Gasteiger partial charge on any atom is 0.257 e. The molecule has 0 bridgehead atoms. The lowest BCUT2D eigenvalue weighted by Gasteiger charge is -2.32. The predicted octanol–water partition coefficient (Wildman–Crippen LogP) is 4.05. The van der Waals surface area contributed by atoms with Gasteiger partial charge in [-0.25, -0.2) is 0 Å². The molecule has 0 aliphatic carbocycles. The second kappa shape index (κ2) is 8.92. The lowest BCUT2D eigenvalue weighted by molar-refractivity contribution is 0.0705. The maximum atomic E-state index is 13.1. The third kappa shape index (κ3) is 4.79. The molecule has 1 aromatic carbocycles. The first-order chi connectivity index (χ1) is 14.9. The van der Waals surface area contributed by atoms with Crippen molar-refractivity contribution in [1.82, 2.24) is 19.7 Å². The van der Waals surface area contributed by atoms with Gasteiger partial charge >= 0.3 is 0 Å². The molecule has 1 fully saturated rings. The van der Waals surface area contributed by atoms with Crippen LogP contribution in [0.15, 0.2) is 42.6 Å². The average molecular weight is 419 g/mol. The number of nitrogens with zero attached hydrogens (tertiary/aromatic N) is 4. The third-order valence-electron chi connectivity index (χ3n) is 5.97.